The number of nitrogens with two attached hydrogens (primary N) is 1. The Balaban J connectivity index is 2.73. The van der Waals surface area contributed by atoms with Crippen molar-refractivity contribution >= 4 is 11.4 Å². The first-order chi connectivity index (χ1) is 8.04. The third-order valence-corrected chi connectivity index (χ3v) is 2.62. The minimum Gasteiger partial charge on any atom is -0.492 e. The molecule has 0 saturated heterocycles. The quantitative estimate of drug-likeness (QED) is 0.743. The number of nitrogen functional groups attached to an aromatic ring is 1. The van der Waals surface area contributed by atoms with E-state index in [2.05, 4.69) is 4.90 Å². The maximum atomic E-state index is 9.26. The van der Waals surface area contributed by atoms with Crippen LogP contribution in [0.3, 0.4) is 0 Å². The molecule has 0 spiro atoms. The van der Waals surface area contributed by atoms with Crippen molar-refractivity contribution in [1.82, 2.24) is 0 Å². The number of benzene rings is 1. The molecule has 0 fully saturated rings. The standard InChI is InChI=1S/C13H22N2O2/c1-4-17-13-9-11(5-6-12(13)14)15(3)8-7-10(2)16/h5-6,9-10,16H,4,7-8,14H2,1-3H3. The van der Waals surface area contributed by atoms with Crippen LogP contribution in [-0.2, 0) is 0 Å². The molecular weight excluding hydrogens is 216 g/mol. The number of nitrogens with zero attached hydrogens (tertiary/aromatic N) is 1. The lowest BCUT2D eigenvalue weighted by Crippen LogP contribution is -2.21. The normalized spacial score (nSPS) is 12.2. The molecule has 0 heterocycles. The summed E-state index contributed by atoms with van der Waals surface area (Å²) in [6.07, 6.45) is 0.461. The van der Waals surface area contributed by atoms with E-state index in [1.165, 1.54) is 0 Å². The summed E-state index contributed by atoms with van der Waals surface area (Å²) in [5.74, 6) is 0.717. The predicted molar refractivity (Wildman–Crippen MR) is 71.6 cm³/mol. The molecule has 0 aliphatic rings. The lowest BCUT2D eigenvalue weighted by atomic mass is 10.2. The van der Waals surface area contributed by atoms with E-state index in [0.717, 1.165) is 18.7 Å². The number of aliphatic hydroxyl groups excluding tert-OH is 1. The molecule has 0 radical (unpaired) electrons. The number of anilines is 2. The maximum Gasteiger partial charge on any atom is 0.144 e. The maximum absolute atomic E-state index is 9.26. The van der Waals surface area contributed by atoms with Crippen LogP contribution in [0.15, 0.2) is 18.2 Å². The van der Waals surface area contributed by atoms with Gasteiger partial charge in [0.25, 0.3) is 0 Å². The average molecular weight is 238 g/mol. The Morgan fingerprint density at radius 3 is 2.76 bits per heavy atom. The zero-order valence-corrected chi connectivity index (χ0v) is 10.8. The van der Waals surface area contributed by atoms with E-state index in [9.17, 15) is 5.11 Å². The highest BCUT2D eigenvalue weighted by molar-refractivity contribution is 5.62. The first-order valence-corrected chi connectivity index (χ1v) is 5.96. The molecule has 0 aromatic heterocycles. The van der Waals surface area contributed by atoms with Gasteiger partial charge in [0.1, 0.15) is 5.75 Å². The molecule has 4 heteroatoms. The zero-order chi connectivity index (χ0) is 12.8. The lowest BCUT2D eigenvalue weighted by Gasteiger charge is -2.21. The molecule has 0 aliphatic heterocycles. The topological polar surface area (TPSA) is 58.7 Å². The van der Waals surface area contributed by atoms with Gasteiger partial charge in [-0.2, -0.15) is 0 Å². The van der Waals surface area contributed by atoms with E-state index < -0.39 is 0 Å². The van der Waals surface area contributed by atoms with Crippen molar-refractivity contribution in [2.75, 3.05) is 30.8 Å². The van der Waals surface area contributed by atoms with Crippen molar-refractivity contribution in [1.29, 1.82) is 0 Å². The van der Waals surface area contributed by atoms with E-state index in [1.807, 2.05) is 32.2 Å². The molecule has 17 heavy (non-hydrogen) atoms. The molecule has 4 nitrogen and oxygen atoms in total. The fourth-order valence-corrected chi connectivity index (χ4v) is 1.55. The van der Waals surface area contributed by atoms with E-state index in [0.29, 0.717) is 18.0 Å². The summed E-state index contributed by atoms with van der Waals surface area (Å²) in [7, 11) is 1.99. The van der Waals surface area contributed by atoms with Crippen molar-refractivity contribution < 1.29 is 9.84 Å². The van der Waals surface area contributed by atoms with Gasteiger partial charge < -0.3 is 20.5 Å². The Morgan fingerprint density at radius 2 is 2.18 bits per heavy atom. The van der Waals surface area contributed by atoms with Gasteiger partial charge >= 0.3 is 0 Å². The molecule has 1 rings (SSSR count). The van der Waals surface area contributed by atoms with Gasteiger partial charge in [-0.3, -0.25) is 0 Å². The van der Waals surface area contributed by atoms with Gasteiger partial charge in [0, 0.05) is 25.3 Å². The van der Waals surface area contributed by atoms with Gasteiger partial charge in [0.15, 0.2) is 0 Å². The lowest BCUT2D eigenvalue weighted by molar-refractivity contribution is 0.187. The predicted octanol–water partition coefficient (Wildman–Crippen LogP) is 1.87. The Morgan fingerprint density at radius 1 is 1.47 bits per heavy atom. The molecular formula is C13H22N2O2. The van der Waals surface area contributed by atoms with Crippen LogP contribution >= 0.6 is 0 Å². The Labute approximate surface area is 103 Å². The van der Waals surface area contributed by atoms with Gasteiger partial charge in [-0.15, -0.1) is 0 Å². The summed E-state index contributed by atoms with van der Waals surface area (Å²) in [5, 5.41) is 9.26. The van der Waals surface area contributed by atoms with Crippen molar-refractivity contribution in [2.24, 2.45) is 0 Å². The van der Waals surface area contributed by atoms with E-state index in [-0.39, 0.29) is 6.10 Å². The Kier molecular flexibility index (Phi) is 5.10. The Hall–Kier alpha value is -1.42. The van der Waals surface area contributed by atoms with E-state index >= 15 is 0 Å². The molecule has 1 aromatic carbocycles. The largest absolute Gasteiger partial charge is 0.492 e. The third kappa shape index (κ3) is 4.15. The second kappa shape index (κ2) is 6.35. The fraction of sp³-hybridized carbons (Fsp3) is 0.538. The van der Waals surface area contributed by atoms with Gasteiger partial charge in [0.2, 0.25) is 0 Å². The SMILES string of the molecule is CCOc1cc(N(C)CCC(C)O)ccc1N. The number of hydrogen-bond acceptors (Lipinski definition) is 4. The minimum absolute atomic E-state index is 0.280. The number of rotatable bonds is 6. The monoisotopic (exact) mass is 238 g/mol. The zero-order valence-electron chi connectivity index (χ0n) is 10.8. The van der Waals surface area contributed by atoms with Crippen LogP contribution < -0.4 is 15.4 Å². The molecule has 96 valence electrons. The summed E-state index contributed by atoms with van der Waals surface area (Å²) in [4.78, 5) is 2.08. The summed E-state index contributed by atoms with van der Waals surface area (Å²) in [5.41, 5.74) is 7.51. The van der Waals surface area contributed by atoms with E-state index in [1.54, 1.807) is 6.92 Å². The molecule has 0 aliphatic carbocycles. The van der Waals surface area contributed by atoms with Gasteiger partial charge in [0.05, 0.1) is 18.4 Å². The number of ether oxygens (including phenoxy) is 1. The minimum atomic E-state index is -0.280. The van der Waals surface area contributed by atoms with Gasteiger partial charge in [-0.05, 0) is 32.4 Å². The Bertz CT molecular complexity index is 353. The van der Waals surface area contributed by atoms with Crippen LogP contribution in [0.2, 0.25) is 0 Å². The third-order valence-electron chi connectivity index (χ3n) is 2.62. The van der Waals surface area contributed by atoms with Crippen molar-refractivity contribution in [3.05, 3.63) is 18.2 Å². The van der Waals surface area contributed by atoms with Crippen LogP contribution in [0.4, 0.5) is 11.4 Å². The van der Waals surface area contributed by atoms with Crippen LogP contribution in [0.1, 0.15) is 20.3 Å². The first kappa shape index (κ1) is 13.6. The fourth-order valence-electron chi connectivity index (χ4n) is 1.55. The van der Waals surface area contributed by atoms with Gasteiger partial charge in [-0.25, -0.2) is 0 Å². The van der Waals surface area contributed by atoms with Crippen LogP contribution in [0.5, 0.6) is 5.75 Å². The first-order valence-electron chi connectivity index (χ1n) is 5.96. The molecule has 0 amide bonds. The summed E-state index contributed by atoms with van der Waals surface area (Å²) < 4.78 is 5.45. The summed E-state index contributed by atoms with van der Waals surface area (Å²) in [6, 6.07) is 5.74. The molecule has 1 unspecified atom stereocenters. The van der Waals surface area contributed by atoms with Crippen LogP contribution in [-0.4, -0.2) is 31.4 Å². The molecule has 0 saturated carbocycles. The highest BCUT2D eigenvalue weighted by Gasteiger charge is 2.06. The molecule has 3 N–H and O–H groups in total. The molecule has 1 aromatic rings. The smallest absolute Gasteiger partial charge is 0.144 e. The molecule has 0 bridgehead atoms. The van der Waals surface area contributed by atoms with Crippen molar-refractivity contribution in [3.8, 4) is 5.75 Å². The molecule has 1 atom stereocenters. The number of aliphatic hydroxyl groups is 1. The summed E-state index contributed by atoms with van der Waals surface area (Å²) >= 11 is 0. The average Bonchev–Trinajstić information content (AvgIpc) is 2.29. The second-order valence-electron chi connectivity index (χ2n) is 4.21. The van der Waals surface area contributed by atoms with Gasteiger partial charge in [-0.1, -0.05) is 0 Å². The van der Waals surface area contributed by atoms with Crippen LogP contribution in [0.25, 0.3) is 0 Å². The van der Waals surface area contributed by atoms with Crippen molar-refractivity contribution in [3.63, 3.8) is 0 Å². The van der Waals surface area contributed by atoms with Crippen LogP contribution in [0, 0.1) is 0 Å². The second-order valence-corrected chi connectivity index (χ2v) is 4.21. The van der Waals surface area contributed by atoms with Crippen molar-refractivity contribution in [2.45, 2.75) is 26.4 Å². The number of hydrogen-bond donors (Lipinski definition) is 2. The summed E-state index contributed by atoms with van der Waals surface area (Å²) in [6.45, 7) is 5.13. The highest BCUT2D eigenvalue weighted by atomic mass is 16.5. The van der Waals surface area contributed by atoms with E-state index in [4.69, 9.17) is 10.5 Å². The highest BCUT2D eigenvalue weighted by Crippen LogP contribution is 2.27.